The molecule has 1 aromatic rings. The first-order valence-electron chi connectivity index (χ1n) is 8.83. The molecule has 138 valence electrons. The summed E-state index contributed by atoms with van der Waals surface area (Å²) in [4.78, 5) is 26.5. The van der Waals surface area contributed by atoms with E-state index in [1.54, 1.807) is 4.90 Å². The minimum atomic E-state index is -0.447. The molecule has 1 aliphatic rings. The maximum atomic E-state index is 12.5. The van der Waals surface area contributed by atoms with Crippen LogP contribution >= 0.6 is 0 Å². The van der Waals surface area contributed by atoms with E-state index in [9.17, 15) is 9.59 Å². The molecular weight excluding hydrogens is 320 g/mol. The molecule has 0 saturated carbocycles. The van der Waals surface area contributed by atoms with Crippen LogP contribution in [0.5, 0.6) is 5.75 Å². The van der Waals surface area contributed by atoms with Gasteiger partial charge in [0.1, 0.15) is 18.4 Å². The highest BCUT2D eigenvalue weighted by molar-refractivity contribution is 5.88. The second-order valence-corrected chi connectivity index (χ2v) is 6.57. The van der Waals surface area contributed by atoms with Crippen molar-refractivity contribution in [3.63, 3.8) is 0 Å². The number of ether oxygens (including phenoxy) is 2. The number of hydrogen-bond donors (Lipinski definition) is 1. The SMILES string of the molecule is COCC(=O)N(Cc1ccc(OC(C)C)cc1)[C@H]1CCCCNC1=O. The highest BCUT2D eigenvalue weighted by Gasteiger charge is 2.30. The number of hydrogen-bond acceptors (Lipinski definition) is 4. The Morgan fingerprint density at radius 2 is 2.00 bits per heavy atom. The van der Waals surface area contributed by atoms with Gasteiger partial charge in [0.25, 0.3) is 0 Å². The molecule has 1 aromatic carbocycles. The van der Waals surface area contributed by atoms with Crippen molar-refractivity contribution in [1.82, 2.24) is 10.2 Å². The van der Waals surface area contributed by atoms with Crippen molar-refractivity contribution in [3.8, 4) is 5.75 Å². The molecule has 1 heterocycles. The van der Waals surface area contributed by atoms with Crippen LogP contribution in [0.1, 0.15) is 38.7 Å². The fourth-order valence-corrected chi connectivity index (χ4v) is 2.94. The Bertz CT molecular complexity index is 571. The van der Waals surface area contributed by atoms with E-state index in [1.165, 1.54) is 7.11 Å². The number of benzene rings is 1. The van der Waals surface area contributed by atoms with Gasteiger partial charge in [0.05, 0.1) is 6.10 Å². The first-order chi connectivity index (χ1) is 12.0. The summed E-state index contributed by atoms with van der Waals surface area (Å²) < 4.78 is 10.6. The zero-order chi connectivity index (χ0) is 18.2. The molecule has 2 rings (SSSR count). The Kier molecular flexibility index (Phi) is 7.25. The Morgan fingerprint density at radius 1 is 1.28 bits per heavy atom. The van der Waals surface area contributed by atoms with Crippen LogP contribution in [0, 0.1) is 0 Å². The Hall–Kier alpha value is -2.08. The van der Waals surface area contributed by atoms with Crippen molar-refractivity contribution in [3.05, 3.63) is 29.8 Å². The minimum Gasteiger partial charge on any atom is -0.491 e. The number of nitrogens with one attached hydrogen (secondary N) is 1. The van der Waals surface area contributed by atoms with Crippen molar-refractivity contribution < 1.29 is 19.1 Å². The molecule has 2 amide bonds. The van der Waals surface area contributed by atoms with Gasteiger partial charge in [-0.3, -0.25) is 9.59 Å². The van der Waals surface area contributed by atoms with Gasteiger partial charge in [-0.15, -0.1) is 0 Å². The molecule has 0 spiro atoms. The number of nitrogens with zero attached hydrogens (tertiary/aromatic N) is 1. The quantitative estimate of drug-likeness (QED) is 0.819. The summed E-state index contributed by atoms with van der Waals surface area (Å²) in [6.07, 6.45) is 2.65. The Balaban J connectivity index is 2.15. The van der Waals surface area contributed by atoms with E-state index in [0.29, 0.717) is 19.5 Å². The van der Waals surface area contributed by atoms with E-state index in [4.69, 9.17) is 9.47 Å². The monoisotopic (exact) mass is 348 g/mol. The van der Waals surface area contributed by atoms with E-state index in [-0.39, 0.29) is 24.5 Å². The summed E-state index contributed by atoms with van der Waals surface area (Å²) in [7, 11) is 1.49. The standard InChI is InChI=1S/C19H28N2O4/c1-14(2)25-16-9-7-15(8-10-16)12-21(18(22)13-24-3)17-6-4-5-11-20-19(17)23/h7-10,14,17H,4-6,11-13H2,1-3H3,(H,20,23)/t17-/m0/s1. The van der Waals surface area contributed by atoms with Crippen molar-refractivity contribution in [2.24, 2.45) is 0 Å². The number of methoxy groups -OCH3 is 1. The lowest BCUT2D eigenvalue weighted by Crippen LogP contribution is -2.49. The van der Waals surface area contributed by atoms with Gasteiger partial charge < -0.3 is 19.7 Å². The summed E-state index contributed by atoms with van der Waals surface area (Å²) in [6, 6.07) is 7.19. The zero-order valence-corrected chi connectivity index (χ0v) is 15.3. The molecule has 1 aliphatic heterocycles. The summed E-state index contributed by atoms with van der Waals surface area (Å²) in [6.45, 7) is 4.97. The molecular formula is C19H28N2O4. The van der Waals surface area contributed by atoms with Crippen LogP contribution in [0.15, 0.2) is 24.3 Å². The summed E-state index contributed by atoms with van der Waals surface area (Å²) in [5, 5.41) is 2.89. The fraction of sp³-hybridized carbons (Fsp3) is 0.579. The number of carbonyl (C=O) groups excluding carboxylic acids is 2. The smallest absolute Gasteiger partial charge is 0.249 e. The van der Waals surface area contributed by atoms with E-state index in [1.807, 2.05) is 38.1 Å². The molecule has 0 bridgehead atoms. The van der Waals surface area contributed by atoms with Crippen LogP contribution in [0.3, 0.4) is 0 Å². The van der Waals surface area contributed by atoms with E-state index >= 15 is 0 Å². The molecule has 0 aliphatic carbocycles. The third-order valence-corrected chi connectivity index (χ3v) is 4.12. The van der Waals surface area contributed by atoms with Gasteiger partial charge in [0.2, 0.25) is 11.8 Å². The molecule has 1 saturated heterocycles. The molecule has 0 aromatic heterocycles. The van der Waals surface area contributed by atoms with Gasteiger partial charge in [0.15, 0.2) is 0 Å². The lowest BCUT2D eigenvalue weighted by atomic mass is 10.1. The molecule has 1 fully saturated rings. The Labute approximate surface area is 149 Å². The van der Waals surface area contributed by atoms with Crippen LogP contribution < -0.4 is 10.1 Å². The number of amides is 2. The third-order valence-electron chi connectivity index (χ3n) is 4.12. The van der Waals surface area contributed by atoms with Gasteiger partial charge in [-0.1, -0.05) is 12.1 Å². The van der Waals surface area contributed by atoms with Gasteiger partial charge in [-0.05, 0) is 50.8 Å². The van der Waals surface area contributed by atoms with Crippen molar-refractivity contribution >= 4 is 11.8 Å². The maximum Gasteiger partial charge on any atom is 0.249 e. The minimum absolute atomic E-state index is 0.0294. The average molecular weight is 348 g/mol. The predicted molar refractivity (Wildman–Crippen MR) is 95.3 cm³/mol. The molecule has 0 unspecified atom stereocenters. The van der Waals surface area contributed by atoms with Gasteiger partial charge >= 0.3 is 0 Å². The predicted octanol–water partition coefficient (Wildman–Crippen LogP) is 2.12. The van der Waals surface area contributed by atoms with Crippen molar-refractivity contribution in [2.75, 3.05) is 20.3 Å². The Morgan fingerprint density at radius 3 is 2.64 bits per heavy atom. The normalized spacial score (nSPS) is 17.8. The average Bonchev–Trinajstić information content (AvgIpc) is 2.78. The second kappa shape index (κ2) is 9.42. The second-order valence-electron chi connectivity index (χ2n) is 6.57. The molecule has 1 atom stereocenters. The molecule has 6 nitrogen and oxygen atoms in total. The lowest BCUT2D eigenvalue weighted by molar-refractivity contribution is -0.144. The summed E-state index contributed by atoms with van der Waals surface area (Å²) >= 11 is 0. The first kappa shape index (κ1) is 19.2. The topological polar surface area (TPSA) is 67.9 Å². The van der Waals surface area contributed by atoms with Crippen LogP contribution in [-0.2, 0) is 20.9 Å². The van der Waals surface area contributed by atoms with Gasteiger partial charge in [0, 0.05) is 20.2 Å². The largest absolute Gasteiger partial charge is 0.491 e. The van der Waals surface area contributed by atoms with E-state index in [0.717, 1.165) is 24.2 Å². The highest BCUT2D eigenvalue weighted by atomic mass is 16.5. The van der Waals surface area contributed by atoms with Crippen molar-refractivity contribution in [2.45, 2.75) is 51.8 Å². The van der Waals surface area contributed by atoms with Crippen LogP contribution in [0.4, 0.5) is 0 Å². The van der Waals surface area contributed by atoms with Crippen molar-refractivity contribution in [1.29, 1.82) is 0 Å². The summed E-state index contributed by atoms with van der Waals surface area (Å²) in [5.41, 5.74) is 0.956. The van der Waals surface area contributed by atoms with Crippen LogP contribution in [-0.4, -0.2) is 49.1 Å². The fourth-order valence-electron chi connectivity index (χ4n) is 2.94. The molecule has 1 N–H and O–H groups in total. The number of carbonyl (C=O) groups is 2. The molecule has 6 heteroatoms. The first-order valence-corrected chi connectivity index (χ1v) is 8.83. The number of rotatable bonds is 7. The van der Waals surface area contributed by atoms with Crippen LogP contribution in [0.25, 0.3) is 0 Å². The van der Waals surface area contributed by atoms with Gasteiger partial charge in [-0.25, -0.2) is 0 Å². The molecule has 25 heavy (non-hydrogen) atoms. The highest BCUT2D eigenvalue weighted by Crippen LogP contribution is 2.19. The van der Waals surface area contributed by atoms with Gasteiger partial charge in [-0.2, -0.15) is 0 Å². The third kappa shape index (κ3) is 5.74. The molecule has 0 radical (unpaired) electrons. The van der Waals surface area contributed by atoms with Crippen LogP contribution in [0.2, 0.25) is 0 Å². The maximum absolute atomic E-state index is 12.5. The van der Waals surface area contributed by atoms with E-state index in [2.05, 4.69) is 5.32 Å². The lowest BCUT2D eigenvalue weighted by Gasteiger charge is -2.30. The zero-order valence-electron chi connectivity index (χ0n) is 15.3. The van der Waals surface area contributed by atoms with E-state index < -0.39 is 6.04 Å². The summed E-state index contributed by atoms with van der Waals surface area (Å²) in [5.74, 6) is 0.537.